The molecule has 38 heavy (non-hydrogen) atoms. The van der Waals surface area contributed by atoms with Crippen LogP contribution in [-0.2, 0) is 22.7 Å². The molecule has 1 atom stereocenters. The number of aromatic nitrogens is 1. The van der Waals surface area contributed by atoms with E-state index in [1.54, 1.807) is 37.6 Å². The van der Waals surface area contributed by atoms with Crippen LogP contribution in [0.3, 0.4) is 0 Å². The quantitative estimate of drug-likeness (QED) is 0.288. The van der Waals surface area contributed by atoms with Crippen LogP contribution >= 0.6 is 11.6 Å². The number of benzene rings is 3. The van der Waals surface area contributed by atoms with Gasteiger partial charge in [0.15, 0.2) is 6.61 Å². The third-order valence-corrected chi connectivity index (χ3v) is 6.18. The predicted molar refractivity (Wildman–Crippen MR) is 146 cm³/mol. The Balaban J connectivity index is 1.64. The lowest BCUT2D eigenvalue weighted by Gasteiger charge is -2.31. The zero-order chi connectivity index (χ0) is 26.7. The molecule has 1 unspecified atom stereocenters. The van der Waals surface area contributed by atoms with Crippen molar-refractivity contribution in [3.63, 3.8) is 0 Å². The highest BCUT2D eigenvalue weighted by Gasteiger charge is 2.32. The summed E-state index contributed by atoms with van der Waals surface area (Å²) in [6.07, 6.45) is 1.67. The molecule has 3 aromatic carbocycles. The molecule has 0 aliphatic rings. The van der Waals surface area contributed by atoms with Crippen LogP contribution in [0, 0.1) is 0 Å². The Bertz CT molecular complexity index is 1330. The second kappa shape index (κ2) is 13.3. The zero-order valence-corrected chi connectivity index (χ0v) is 21.7. The molecule has 7 nitrogen and oxygen atoms in total. The Kier molecular flexibility index (Phi) is 9.32. The minimum Gasteiger partial charge on any atom is -0.497 e. The van der Waals surface area contributed by atoms with Crippen LogP contribution in [0.25, 0.3) is 0 Å². The van der Waals surface area contributed by atoms with Crippen LogP contribution in [-0.4, -0.2) is 35.4 Å². The minimum absolute atomic E-state index is 0.172. The summed E-state index contributed by atoms with van der Waals surface area (Å²) in [6.45, 7) is 0.103. The highest BCUT2D eigenvalue weighted by Crippen LogP contribution is 2.27. The largest absolute Gasteiger partial charge is 0.497 e. The third-order valence-electron chi connectivity index (χ3n) is 5.87. The number of methoxy groups -OCH3 is 1. The number of rotatable bonds is 11. The lowest BCUT2D eigenvalue weighted by atomic mass is 10.0. The van der Waals surface area contributed by atoms with Gasteiger partial charge in [0.1, 0.15) is 17.5 Å². The fourth-order valence-corrected chi connectivity index (χ4v) is 4.11. The average molecular weight is 530 g/mol. The Morgan fingerprint density at radius 1 is 0.921 bits per heavy atom. The first-order chi connectivity index (χ1) is 18.5. The van der Waals surface area contributed by atoms with Crippen molar-refractivity contribution in [2.45, 2.75) is 19.1 Å². The number of pyridine rings is 1. The SMILES string of the molecule is COc1ccc(CN(C(=O)COc2ccccc2Cl)C(C(=O)NCc2ccccn2)c2ccccc2)cc1. The fraction of sp³-hybridized carbons (Fsp3) is 0.167. The molecule has 4 aromatic rings. The maximum absolute atomic E-state index is 13.7. The van der Waals surface area contributed by atoms with E-state index in [9.17, 15) is 9.59 Å². The number of hydrogen-bond acceptors (Lipinski definition) is 5. The van der Waals surface area contributed by atoms with Gasteiger partial charge in [-0.05, 0) is 47.5 Å². The van der Waals surface area contributed by atoms with Crippen molar-refractivity contribution < 1.29 is 19.1 Å². The van der Waals surface area contributed by atoms with E-state index in [-0.39, 0.29) is 31.5 Å². The number of halogens is 1. The van der Waals surface area contributed by atoms with Crippen molar-refractivity contribution in [2.75, 3.05) is 13.7 Å². The smallest absolute Gasteiger partial charge is 0.261 e. The molecule has 0 aliphatic carbocycles. The number of nitrogens with zero attached hydrogens (tertiary/aromatic N) is 2. The van der Waals surface area contributed by atoms with E-state index in [4.69, 9.17) is 21.1 Å². The second-order valence-corrected chi connectivity index (χ2v) is 8.85. The lowest BCUT2D eigenvalue weighted by molar-refractivity contribution is -0.143. The first kappa shape index (κ1) is 26.7. The summed E-state index contributed by atoms with van der Waals surface area (Å²) in [6, 6.07) is 28.1. The van der Waals surface area contributed by atoms with Crippen molar-refractivity contribution in [3.8, 4) is 11.5 Å². The van der Waals surface area contributed by atoms with Gasteiger partial charge in [-0.3, -0.25) is 14.6 Å². The number of amides is 2. The molecule has 1 aromatic heterocycles. The predicted octanol–water partition coefficient (Wildman–Crippen LogP) is 5.21. The first-order valence-electron chi connectivity index (χ1n) is 12.1. The van der Waals surface area contributed by atoms with E-state index >= 15 is 0 Å². The number of para-hydroxylation sites is 1. The number of hydrogen-bond donors (Lipinski definition) is 1. The highest BCUT2D eigenvalue weighted by atomic mass is 35.5. The summed E-state index contributed by atoms with van der Waals surface area (Å²) < 4.78 is 11.0. The van der Waals surface area contributed by atoms with Crippen LogP contribution in [0.4, 0.5) is 0 Å². The average Bonchev–Trinajstić information content (AvgIpc) is 2.96. The van der Waals surface area contributed by atoms with Crippen LogP contribution < -0.4 is 14.8 Å². The van der Waals surface area contributed by atoms with Gasteiger partial charge in [-0.15, -0.1) is 0 Å². The molecule has 0 radical (unpaired) electrons. The van der Waals surface area contributed by atoms with Crippen molar-refractivity contribution in [1.82, 2.24) is 15.2 Å². The summed E-state index contributed by atoms with van der Waals surface area (Å²) in [5, 5.41) is 3.34. The Morgan fingerprint density at radius 3 is 2.32 bits per heavy atom. The Morgan fingerprint density at radius 2 is 1.63 bits per heavy atom. The van der Waals surface area contributed by atoms with Crippen LogP contribution in [0.15, 0.2) is 103 Å². The molecule has 4 rings (SSSR count). The molecule has 0 fully saturated rings. The monoisotopic (exact) mass is 529 g/mol. The molecule has 1 N–H and O–H groups in total. The molecule has 0 aliphatic heterocycles. The third kappa shape index (κ3) is 7.11. The van der Waals surface area contributed by atoms with Gasteiger partial charge in [-0.1, -0.05) is 72.3 Å². The van der Waals surface area contributed by atoms with Gasteiger partial charge in [0.2, 0.25) is 5.91 Å². The van der Waals surface area contributed by atoms with E-state index in [0.29, 0.717) is 27.8 Å². The van der Waals surface area contributed by atoms with Crippen molar-refractivity contribution in [2.24, 2.45) is 0 Å². The van der Waals surface area contributed by atoms with Gasteiger partial charge in [-0.2, -0.15) is 0 Å². The topological polar surface area (TPSA) is 80.8 Å². The van der Waals surface area contributed by atoms with E-state index in [1.807, 2.05) is 72.8 Å². The van der Waals surface area contributed by atoms with Gasteiger partial charge in [0.25, 0.3) is 5.91 Å². The number of carbonyl (C=O) groups excluding carboxylic acids is 2. The number of nitrogens with one attached hydrogen (secondary N) is 1. The maximum Gasteiger partial charge on any atom is 0.261 e. The second-order valence-electron chi connectivity index (χ2n) is 8.44. The first-order valence-corrected chi connectivity index (χ1v) is 12.4. The van der Waals surface area contributed by atoms with E-state index in [1.165, 1.54) is 4.90 Å². The molecule has 1 heterocycles. The summed E-state index contributed by atoms with van der Waals surface area (Å²) in [5.41, 5.74) is 2.21. The Hall–Kier alpha value is -4.36. The van der Waals surface area contributed by atoms with Gasteiger partial charge < -0.3 is 19.7 Å². The normalized spacial score (nSPS) is 11.3. The summed E-state index contributed by atoms with van der Waals surface area (Å²) in [7, 11) is 1.59. The highest BCUT2D eigenvalue weighted by molar-refractivity contribution is 6.32. The molecule has 8 heteroatoms. The van der Waals surface area contributed by atoms with Crippen molar-refractivity contribution in [3.05, 3.63) is 125 Å². The van der Waals surface area contributed by atoms with Gasteiger partial charge in [-0.25, -0.2) is 0 Å². The number of ether oxygens (including phenoxy) is 2. The van der Waals surface area contributed by atoms with Crippen LogP contribution in [0.2, 0.25) is 5.02 Å². The minimum atomic E-state index is -0.913. The van der Waals surface area contributed by atoms with Gasteiger partial charge in [0.05, 0.1) is 24.4 Å². The Labute approximate surface area is 227 Å². The summed E-state index contributed by atoms with van der Waals surface area (Å²) in [4.78, 5) is 33.2. The lowest BCUT2D eigenvalue weighted by Crippen LogP contribution is -2.45. The van der Waals surface area contributed by atoms with E-state index in [0.717, 1.165) is 5.56 Å². The molecule has 0 saturated carbocycles. The van der Waals surface area contributed by atoms with Crippen LogP contribution in [0.5, 0.6) is 11.5 Å². The maximum atomic E-state index is 13.7. The molecule has 2 amide bonds. The van der Waals surface area contributed by atoms with E-state index in [2.05, 4.69) is 10.3 Å². The summed E-state index contributed by atoms with van der Waals surface area (Å²) >= 11 is 6.22. The molecular formula is C30H28ClN3O4. The van der Waals surface area contributed by atoms with Crippen molar-refractivity contribution >= 4 is 23.4 Å². The molecule has 0 spiro atoms. The summed E-state index contributed by atoms with van der Waals surface area (Å²) in [5.74, 6) is 0.383. The van der Waals surface area contributed by atoms with Crippen LogP contribution in [0.1, 0.15) is 22.9 Å². The molecule has 194 valence electrons. The van der Waals surface area contributed by atoms with Gasteiger partial charge in [0, 0.05) is 12.7 Å². The molecule has 0 bridgehead atoms. The van der Waals surface area contributed by atoms with Gasteiger partial charge >= 0.3 is 0 Å². The van der Waals surface area contributed by atoms with Crippen molar-refractivity contribution in [1.29, 1.82) is 0 Å². The fourth-order valence-electron chi connectivity index (χ4n) is 3.92. The molecular weight excluding hydrogens is 502 g/mol. The zero-order valence-electron chi connectivity index (χ0n) is 20.9. The number of carbonyl (C=O) groups is 2. The molecule has 0 saturated heterocycles. The standard InChI is InChI=1S/C30H28ClN3O4/c1-37-25-16-14-22(15-17-25)20-34(28(35)21-38-27-13-6-5-12-26(27)31)29(23-9-3-2-4-10-23)30(36)33-19-24-11-7-8-18-32-24/h2-18,29H,19-21H2,1H3,(H,33,36). The van der Waals surface area contributed by atoms with E-state index < -0.39 is 6.04 Å².